The Morgan fingerprint density at radius 3 is 2.58 bits per heavy atom. The van der Waals surface area contributed by atoms with Crippen molar-refractivity contribution in [2.75, 3.05) is 26.0 Å². The van der Waals surface area contributed by atoms with Gasteiger partial charge >= 0.3 is 0 Å². The number of fused-ring (bicyclic) bond motifs is 1. The maximum atomic E-state index is 13.3. The van der Waals surface area contributed by atoms with Gasteiger partial charge in [-0.05, 0) is 23.8 Å². The number of H-pyrrole nitrogens is 1. The minimum absolute atomic E-state index is 0.155. The average Bonchev–Trinajstić information content (AvgIpc) is 3.20. The molecule has 0 saturated carbocycles. The minimum atomic E-state index is -0.797. The van der Waals surface area contributed by atoms with Gasteiger partial charge in [-0.2, -0.15) is 0 Å². The standard InChI is InChI=1S/C25H30N4O4/c1-16(2)24(31)28-22(12-17-14-26-21-11-6-5-10-20(17)21)25(32)29(3)15-23(30)27-18-8-7-9-19(13-18)33-4/h5-11,13-14,16,22,26H,12,15H2,1-4H3,(H,27,30)(H,28,31). The van der Waals surface area contributed by atoms with E-state index in [0.29, 0.717) is 17.9 Å². The summed E-state index contributed by atoms with van der Waals surface area (Å²) in [7, 11) is 3.10. The van der Waals surface area contributed by atoms with E-state index >= 15 is 0 Å². The third-order valence-corrected chi connectivity index (χ3v) is 5.35. The van der Waals surface area contributed by atoms with E-state index in [9.17, 15) is 14.4 Å². The van der Waals surface area contributed by atoms with E-state index < -0.39 is 6.04 Å². The highest BCUT2D eigenvalue weighted by molar-refractivity contribution is 5.96. The van der Waals surface area contributed by atoms with Crippen molar-refractivity contribution >= 4 is 34.3 Å². The number of likely N-dealkylation sites (N-methyl/N-ethyl adjacent to an activating group) is 1. The van der Waals surface area contributed by atoms with Gasteiger partial charge in [-0.1, -0.05) is 38.1 Å². The molecule has 0 fully saturated rings. The molecule has 3 amide bonds. The number of hydrogen-bond acceptors (Lipinski definition) is 4. The number of carbonyl (C=O) groups excluding carboxylic acids is 3. The van der Waals surface area contributed by atoms with E-state index in [-0.39, 0.29) is 30.2 Å². The number of para-hydroxylation sites is 1. The van der Waals surface area contributed by atoms with Crippen molar-refractivity contribution in [1.29, 1.82) is 0 Å². The second-order valence-corrected chi connectivity index (χ2v) is 8.25. The monoisotopic (exact) mass is 450 g/mol. The first-order valence-corrected chi connectivity index (χ1v) is 10.8. The first-order valence-electron chi connectivity index (χ1n) is 10.8. The molecular formula is C25H30N4O4. The van der Waals surface area contributed by atoms with Crippen molar-refractivity contribution in [3.8, 4) is 5.75 Å². The van der Waals surface area contributed by atoms with Crippen LogP contribution in [0.15, 0.2) is 54.7 Å². The van der Waals surface area contributed by atoms with Crippen molar-refractivity contribution in [2.45, 2.75) is 26.3 Å². The molecule has 3 N–H and O–H groups in total. The maximum Gasteiger partial charge on any atom is 0.245 e. The van der Waals surface area contributed by atoms with E-state index in [1.807, 2.05) is 30.5 Å². The van der Waals surface area contributed by atoms with E-state index in [1.165, 1.54) is 4.90 Å². The third-order valence-electron chi connectivity index (χ3n) is 5.35. The van der Waals surface area contributed by atoms with Gasteiger partial charge < -0.3 is 25.3 Å². The highest BCUT2D eigenvalue weighted by Gasteiger charge is 2.27. The molecule has 0 aliphatic rings. The maximum absolute atomic E-state index is 13.3. The van der Waals surface area contributed by atoms with Crippen LogP contribution in [0, 0.1) is 5.92 Å². The zero-order valence-corrected chi connectivity index (χ0v) is 19.3. The van der Waals surface area contributed by atoms with Crippen LogP contribution in [-0.2, 0) is 20.8 Å². The Labute approximate surface area is 193 Å². The fourth-order valence-corrected chi connectivity index (χ4v) is 3.52. The Morgan fingerprint density at radius 2 is 1.85 bits per heavy atom. The van der Waals surface area contributed by atoms with Crippen LogP contribution in [0.5, 0.6) is 5.75 Å². The van der Waals surface area contributed by atoms with Crippen LogP contribution in [0.3, 0.4) is 0 Å². The Bertz CT molecular complexity index is 1140. The summed E-state index contributed by atoms with van der Waals surface area (Å²) < 4.78 is 5.17. The SMILES string of the molecule is COc1cccc(NC(=O)CN(C)C(=O)C(Cc2c[nH]c3ccccc23)NC(=O)C(C)C)c1. The van der Waals surface area contributed by atoms with Gasteiger partial charge in [0, 0.05) is 48.2 Å². The van der Waals surface area contributed by atoms with Gasteiger partial charge in [0.1, 0.15) is 11.8 Å². The molecule has 8 heteroatoms. The molecule has 0 saturated heterocycles. The molecule has 0 aliphatic carbocycles. The van der Waals surface area contributed by atoms with Crippen LogP contribution < -0.4 is 15.4 Å². The minimum Gasteiger partial charge on any atom is -0.497 e. The number of hydrogen-bond donors (Lipinski definition) is 3. The highest BCUT2D eigenvalue weighted by atomic mass is 16.5. The van der Waals surface area contributed by atoms with Crippen molar-refractivity contribution in [1.82, 2.24) is 15.2 Å². The largest absolute Gasteiger partial charge is 0.497 e. The summed E-state index contributed by atoms with van der Waals surface area (Å²) in [4.78, 5) is 42.7. The number of amides is 3. The van der Waals surface area contributed by atoms with Crippen LogP contribution in [0.1, 0.15) is 19.4 Å². The predicted octanol–water partition coefficient (Wildman–Crippen LogP) is 2.96. The second-order valence-electron chi connectivity index (χ2n) is 8.25. The fraction of sp³-hybridized carbons (Fsp3) is 0.320. The predicted molar refractivity (Wildman–Crippen MR) is 128 cm³/mol. The Hall–Kier alpha value is -3.81. The van der Waals surface area contributed by atoms with Gasteiger partial charge in [-0.3, -0.25) is 14.4 Å². The molecule has 0 bridgehead atoms. The number of ether oxygens (including phenoxy) is 1. The van der Waals surface area contributed by atoms with E-state index in [2.05, 4.69) is 15.6 Å². The molecule has 0 radical (unpaired) electrons. The number of carbonyl (C=O) groups is 3. The molecule has 3 rings (SSSR count). The van der Waals surface area contributed by atoms with Crippen molar-refractivity contribution in [2.24, 2.45) is 5.92 Å². The summed E-state index contributed by atoms with van der Waals surface area (Å²) in [6.45, 7) is 3.39. The van der Waals surface area contributed by atoms with E-state index in [1.54, 1.807) is 52.3 Å². The van der Waals surface area contributed by atoms with Crippen LogP contribution in [0.4, 0.5) is 5.69 Å². The van der Waals surface area contributed by atoms with Gasteiger partial charge in [0.05, 0.1) is 13.7 Å². The molecule has 1 aromatic heterocycles. The Balaban J connectivity index is 1.72. The summed E-state index contributed by atoms with van der Waals surface area (Å²) in [6, 6.07) is 14.0. The van der Waals surface area contributed by atoms with E-state index in [4.69, 9.17) is 4.74 Å². The lowest BCUT2D eigenvalue weighted by Crippen LogP contribution is -2.51. The number of benzene rings is 2. The molecular weight excluding hydrogens is 420 g/mol. The topological polar surface area (TPSA) is 104 Å². The summed E-state index contributed by atoms with van der Waals surface area (Å²) in [5, 5.41) is 6.60. The summed E-state index contributed by atoms with van der Waals surface area (Å²) in [6.07, 6.45) is 2.16. The number of rotatable bonds is 9. The Kier molecular flexibility index (Phi) is 7.71. The van der Waals surface area contributed by atoms with E-state index in [0.717, 1.165) is 16.5 Å². The zero-order chi connectivity index (χ0) is 24.0. The van der Waals surface area contributed by atoms with Gasteiger partial charge in [-0.15, -0.1) is 0 Å². The summed E-state index contributed by atoms with van der Waals surface area (Å²) >= 11 is 0. The molecule has 8 nitrogen and oxygen atoms in total. The second kappa shape index (κ2) is 10.7. The van der Waals surface area contributed by atoms with Crippen molar-refractivity contribution in [3.05, 3.63) is 60.3 Å². The zero-order valence-electron chi connectivity index (χ0n) is 19.3. The van der Waals surface area contributed by atoms with Gasteiger partial charge in [0.25, 0.3) is 0 Å². The smallest absolute Gasteiger partial charge is 0.245 e. The van der Waals surface area contributed by atoms with Crippen LogP contribution in [-0.4, -0.2) is 54.3 Å². The van der Waals surface area contributed by atoms with Crippen molar-refractivity contribution in [3.63, 3.8) is 0 Å². The number of methoxy groups -OCH3 is 1. The molecule has 1 unspecified atom stereocenters. The summed E-state index contributed by atoms with van der Waals surface area (Å²) in [5.41, 5.74) is 2.45. The number of aromatic amines is 1. The number of nitrogens with zero attached hydrogens (tertiary/aromatic N) is 1. The molecule has 3 aromatic rings. The normalized spacial score (nSPS) is 11.8. The van der Waals surface area contributed by atoms with Gasteiger partial charge in [0.2, 0.25) is 17.7 Å². The first-order chi connectivity index (χ1) is 15.8. The van der Waals surface area contributed by atoms with Gasteiger partial charge in [0.15, 0.2) is 0 Å². The molecule has 1 atom stereocenters. The lowest BCUT2D eigenvalue weighted by molar-refractivity contribution is -0.137. The fourth-order valence-electron chi connectivity index (χ4n) is 3.52. The Morgan fingerprint density at radius 1 is 1.09 bits per heavy atom. The third kappa shape index (κ3) is 6.12. The van der Waals surface area contributed by atoms with Gasteiger partial charge in [-0.25, -0.2) is 0 Å². The van der Waals surface area contributed by atoms with Crippen LogP contribution >= 0.6 is 0 Å². The average molecular weight is 451 g/mol. The van der Waals surface area contributed by atoms with Crippen LogP contribution in [0.2, 0.25) is 0 Å². The molecule has 33 heavy (non-hydrogen) atoms. The lowest BCUT2D eigenvalue weighted by atomic mass is 10.0. The summed E-state index contributed by atoms with van der Waals surface area (Å²) in [5.74, 6) is -0.560. The molecule has 2 aromatic carbocycles. The quantitative estimate of drug-likeness (QED) is 0.466. The number of nitrogens with one attached hydrogen (secondary N) is 3. The van der Waals surface area contributed by atoms with Crippen molar-refractivity contribution < 1.29 is 19.1 Å². The molecule has 1 heterocycles. The lowest BCUT2D eigenvalue weighted by Gasteiger charge is -2.25. The number of anilines is 1. The molecule has 0 aliphatic heterocycles. The van der Waals surface area contributed by atoms with Crippen LogP contribution in [0.25, 0.3) is 10.9 Å². The highest BCUT2D eigenvalue weighted by Crippen LogP contribution is 2.20. The first kappa shape index (κ1) is 23.8. The number of aromatic nitrogens is 1. The molecule has 174 valence electrons. The molecule has 0 spiro atoms.